The predicted molar refractivity (Wildman–Crippen MR) is 135 cm³/mol. The van der Waals surface area contributed by atoms with Crippen LogP contribution in [0.15, 0.2) is 48.5 Å². The van der Waals surface area contributed by atoms with E-state index in [2.05, 4.69) is 35.4 Å². The zero-order chi connectivity index (χ0) is 24.6. The van der Waals surface area contributed by atoms with Crippen LogP contribution in [0, 0.1) is 6.92 Å². The molecule has 0 aliphatic carbocycles. The minimum absolute atomic E-state index is 0.128. The lowest BCUT2D eigenvalue weighted by atomic mass is 10.2. The molecular formula is C25H31N7O3. The molecule has 1 aromatic heterocycles. The summed E-state index contributed by atoms with van der Waals surface area (Å²) in [6.07, 6.45) is 0. The van der Waals surface area contributed by atoms with Crippen molar-refractivity contribution in [2.45, 2.75) is 13.8 Å². The fourth-order valence-corrected chi connectivity index (χ4v) is 3.81. The molecule has 1 saturated heterocycles. The normalized spacial score (nSPS) is 14.0. The Morgan fingerprint density at radius 2 is 1.80 bits per heavy atom. The van der Waals surface area contributed by atoms with E-state index in [1.54, 1.807) is 18.2 Å². The molecule has 10 nitrogen and oxygen atoms in total. The van der Waals surface area contributed by atoms with E-state index in [-0.39, 0.29) is 12.5 Å². The van der Waals surface area contributed by atoms with Crippen LogP contribution in [0.2, 0.25) is 0 Å². The maximum atomic E-state index is 12.1. The Morgan fingerprint density at radius 1 is 1.03 bits per heavy atom. The van der Waals surface area contributed by atoms with Gasteiger partial charge < -0.3 is 25.4 Å². The highest BCUT2D eigenvalue weighted by Crippen LogP contribution is 2.25. The van der Waals surface area contributed by atoms with Crippen LogP contribution in [0.1, 0.15) is 23.1 Å². The fourth-order valence-electron chi connectivity index (χ4n) is 3.81. The van der Waals surface area contributed by atoms with Gasteiger partial charge in [-0.15, -0.1) is 0 Å². The van der Waals surface area contributed by atoms with E-state index < -0.39 is 0 Å². The number of carbonyl (C=O) groups is 1. The van der Waals surface area contributed by atoms with Gasteiger partial charge in [-0.1, -0.05) is 6.07 Å². The van der Waals surface area contributed by atoms with Crippen molar-refractivity contribution in [1.82, 2.24) is 25.2 Å². The highest BCUT2D eigenvalue weighted by Gasteiger charge is 2.19. The van der Waals surface area contributed by atoms with Crippen molar-refractivity contribution in [1.29, 1.82) is 0 Å². The molecule has 3 aromatic rings. The van der Waals surface area contributed by atoms with Crippen molar-refractivity contribution >= 4 is 23.5 Å². The van der Waals surface area contributed by atoms with Gasteiger partial charge in [0.25, 0.3) is 5.91 Å². The van der Waals surface area contributed by atoms with E-state index >= 15 is 0 Å². The molecule has 1 amide bonds. The standard InChI is InChI=1S/C25H31N7O3/c1-3-26-23(34)19-5-4-6-22(17-19)35-21-9-7-20(8-10-21)29-24-27-18(2)28-25(30-24)32-13-11-31(12-14-32)15-16-33/h4-10,17,33H,3,11-16H2,1-2H3,(H,26,34)(H,27,28,29,30). The summed E-state index contributed by atoms with van der Waals surface area (Å²) in [4.78, 5) is 30.0. The fraction of sp³-hybridized carbons (Fsp3) is 0.360. The van der Waals surface area contributed by atoms with E-state index in [9.17, 15) is 4.79 Å². The number of carbonyl (C=O) groups excluding carboxylic acids is 1. The zero-order valence-electron chi connectivity index (χ0n) is 20.1. The third-order valence-corrected chi connectivity index (χ3v) is 5.59. The number of nitrogens with zero attached hydrogens (tertiary/aromatic N) is 5. The Bertz CT molecular complexity index is 1130. The lowest BCUT2D eigenvalue weighted by Crippen LogP contribution is -2.47. The summed E-state index contributed by atoms with van der Waals surface area (Å²) in [7, 11) is 0. The second kappa shape index (κ2) is 11.6. The average Bonchev–Trinajstić information content (AvgIpc) is 2.86. The van der Waals surface area contributed by atoms with Crippen molar-refractivity contribution < 1.29 is 14.6 Å². The Hall–Kier alpha value is -3.76. The van der Waals surface area contributed by atoms with Crippen LogP contribution in [0.3, 0.4) is 0 Å². The van der Waals surface area contributed by atoms with Crippen molar-refractivity contribution in [3.8, 4) is 11.5 Å². The number of hydrogen-bond donors (Lipinski definition) is 3. The summed E-state index contributed by atoms with van der Waals surface area (Å²) in [5, 5.41) is 15.2. The quantitative estimate of drug-likeness (QED) is 0.428. The molecule has 35 heavy (non-hydrogen) atoms. The molecule has 0 spiro atoms. The summed E-state index contributed by atoms with van der Waals surface area (Å²) >= 11 is 0. The number of hydrogen-bond acceptors (Lipinski definition) is 9. The SMILES string of the molecule is CCNC(=O)c1cccc(Oc2ccc(Nc3nc(C)nc(N4CCN(CCO)CC4)n3)cc2)c1. The van der Waals surface area contributed by atoms with Crippen molar-refractivity contribution in [3.05, 3.63) is 59.9 Å². The molecule has 2 aromatic carbocycles. The minimum Gasteiger partial charge on any atom is -0.457 e. The van der Waals surface area contributed by atoms with E-state index in [1.807, 2.05) is 44.2 Å². The third-order valence-electron chi connectivity index (χ3n) is 5.59. The summed E-state index contributed by atoms with van der Waals surface area (Å²) in [6.45, 7) is 8.50. The number of aliphatic hydroxyl groups is 1. The molecule has 2 heterocycles. The molecule has 1 aliphatic heterocycles. The number of β-amino-alcohol motifs (C(OH)–C–C–N with tert-alkyl or cyclic N) is 1. The molecular weight excluding hydrogens is 446 g/mol. The van der Waals surface area contributed by atoms with Gasteiger partial charge in [-0.2, -0.15) is 15.0 Å². The number of benzene rings is 2. The molecule has 0 radical (unpaired) electrons. The first kappa shape index (κ1) is 24.4. The van der Waals surface area contributed by atoms with Crippen LogP contribution in [-0.2, 0) is 0 Å². The van der Waals surface area contributed by atoms with Crippen LogP contribution < -0.4 is 20.3 Å². The molecule has 0 unspecified atom stereocenters. The Kier molecular flexibility index (Phi) is 8.07. The zero-order valence-corrected chi connectivity index (χ0v) is 20.1. The second-order valence-electron chi connectivity index (χ2n) is 8.20. The molecule has 0 atom stereocenters. The molecule has 3 N–H and O–H groups in total. The Morgan fingerprint density at radius 3 is 2.51 bits per heavy atom. The number of nitrogens with one attached hydrogen (secondary N) is 2. The van der Waals surface area contributed by atoms with Crippen LogP contribution in [0.25, 0.3) is 0 Å². The third kappa shape index (κ3) is 6.65. The van der Waals surface area contributed by atoms with Gasteiger partial charge in [0, 0.05) is 50.5 Å². The van der Waals surface area contributed by atoms with Gasteiger partial charge in [0.15, 0.2) is 0 Å². The summed E-state index contributed by atoms with van der Waals surface area (Å²) in [6, 6.07) is 14.5. The monoisotopic (exact) mass is 477 g/mol. The Labute approximate surface area is 205 Å². The number of aryl methyl sites for hydroxylation is 1. The molecule has 1 aliphatic rings. The van der Waals surface area contributed by atoms with Crippen LogP contribution in [0.5, 0.6) is 11.5 Å². The van der Waals surface area contributed by atoms with Crippen molar-refractivity contribution in [3.63, 3.8) is 0 Å². The molecule has 0 saturated carbocycles. The van der Waals surface area contributed by atoms with E-state index in [4.69, 9.17) is 9.84 Å². The second-order valence-corrected chi connectivity index (χ2v) is 8.20. The number of rotatable bonds is 9. The lowest BCUT2D eigenvalue weighted by molar-refractivity contribution is 0.0955. The first-order valence-electron chi connectivity index (χ1n) is 11.8. The average molecular weight is 478 g/mol. The topological polar surface area (TPSA) is 116 Å². The highest BCUT2D eigenvalue weighted by atomic mass is 16.5. The maximum Gasteiger partial charge on any atom is 0.251 e. The van der Waals surface area contributed by atoms with Crippen LogP contribution in [-0.4, -0.2) is 76.7 Å². The van der Waals surface area contributed by atoms with Crippen molar-refractivity contribution in [2.75, 3.05) is 56.1 Å². The number of aliphatic hydroxyl groups excluding tert-OH is 1. The predicted octanol–water partition coefficient (Wildman–Crippen LogP) is 2.58. The number of anilines is 3. The lowest BCUT2D eigenvalue weighted by Gasteiger charge is -2.34. The van der Waals surface area contributed by atoms with Gasteiger partial charge in [0.05, 0.1) is 6.61 Å². The van der Waals surface area contributed by atoms with Gasteiger partial charge in [0.1, 0.15) is 17.3 Å². The largest absolute Gasteiger partial charge is 0.457 e. The molecule has 1 fully saturated rings. The highest BCUT2D eigenvalue weighted by molar-refractivity contribution is 5.94. The van der Waals surface area contributed by atoms with Gasteiger partial charge in [0.2, 0.25) is 11.9 Å². The first-order valence-corrected chi connectivity index (χ1v) is 11.8. The number of amides is 1. The summed E-state index contributed by atoms with van der Waals surface area (Å²) < 4.78 is 5.92. The summed E-state index contributed by atoms with van der Waals surface area (Å²) in [5.41, 5.74) is 1.37. The van der Waals surface area contributed by atoms with Gasteiger partial charge >= 0.3 is 0 Å². The van der Waals surface area contributed by atoms with E-state index in [0.717, 1.165) is 31.9 Å². The number of piperazine rings is 1. The molecule has 184 valence electrons. The van der Waals surface area contributed by atoms with Gasteiger partial charge in [-0.3, -0.25) is 9.69 Å². The van der Waals surface area contributed by atoms with Gasteiger partial charge in [-0.25, -0.2) is 0 Å². The Balaban J connectivity index is 1.39. The van der Waals surface area contributed by atoms with E-state index in [1.165, 1.54) is 0 Å². The van der Waals surface area contributed by atoms with E-state index in [0.29, 0.717) is 47.9 Å². The van der Waals surface area contributed by atoms with Crippen LogP contribution >= 0.6 is 0 Å². The molecule has 4 rings (SSSR count). The number of aromatic nitrogens is 3. The minimum atomic E-state index is -0.128. The van der Waals surface area contributed by atoms with Crippen LogP contribution in [0.4, 0.5) is 17.6 Å². The van der Waals surface area contributed by atoms with Gasteiger partial charge in [-0.05, 0) is 56.3 Å². The van der Waals surface area contributed by atoms with Crippen molar-refractivity contribution in [2.24, 2.45) is 0 Å². The smallest absolute Gasteiger partial charge is 0.251 e. The maximum absolute atomic E-state index is 12.1. The molecule has 10 heteroatoms. The summed E-state index contributed by atoms with van der Waals surface area (Å²) in [5.74, 6) is 2.88. The number of ether oxygens (including phenoxy) is 1. The first-order chi connectivity index (χ1) is 17.0. The molecule has 0 bridgehead atoms.